The van der Waals surface area contributed by atoms with Crippen molar-refractivity contribution in [3.63, 3.8) is 0 Å². The van der Waals surface area contributed by atoms with Crippen molar-refractivity contribution in [3.8, 4) is 0 Å². The van der Waals surface area contributed by atoms with E-state index in [1.807, 2.05) is 85.1 Å². The molecule has 4 rings (SSSR count). The first kappa shape index (κ1) is 18.5. The number of fused-ring (bicyclic) bond motifs is 1. The summed E-state index contributed by atoms with van der Waals surface area (Å²) in [7, 11) is 0. The molecule has 0 aliphatic carbocycles. The second kappa shape index (κ2) is 8.44. The van der Waals surface area contributed by atoms with Crippen LogP contribution in [0.2, 0.25) is 0 Å². The number of nitrogens with zero attached hydrogens (tertiary/aromatic N) is 3. The zero-order valence-corrected chi connectivity index (χ0v) is 15.8. The summed E-state index contributed by atoms with van der Waals surface area (Å²) in [6.07, 6.45) is 2.53. The summed E-state index contributed by atoms with van der Waals surface area (Å²) in [5.41, 5.74) is 5.02. The number of aromatic nitrogens is 1. The van der Waals surface area contributed by atoms with E-state index in [2.05, 4.69) is 20.9 Å². The van der Waals surface area contributed by atoms with E-state index < -0.39 is 0 Å². The first-order valence-corrected chi connectivity index (χ1v) is 9.39. The maximum atomic E-state index is 9.58. The lowest BCUT2D eigenvalue weighted by Gasteiger charge is -2.07. The van der Waals surface area contributed by atoms with Crippen LogP contribution >= 0.6 is 0 Å². The molecule has 0 aliphatic heterocycles. The molecule has 0 saturated heterocycles. The lowest BCUT2D eigenvalue weighted by Crippen LogP contribution is -2.11. The van der Waals surface area contributed by atoms with E-state index in [9.17, 15) is 10.4 Å². The molecule has 0 spiro atoms. The second-order valence-electron chi connectivity index (χ2n) is 6.80. The third kappa shape index (κ3) is 3.89. The quantitative estimate of drug-likeness (QED) is 0.281. The van der Waals surface area contributed by atoms with Crippen LogP contribution in [0.3, 0.4) is 0 Å². The van der Waals surface area contributed by atoms with Gasteiger partial charge < -0.3 is 15.0 Å². The highest BCUT2D eigenvalue weighted by Crippen LogP contribution is 2.24. The van der Waals surface area contributed by atoms with Gasteiger partial charge in [0.25, 0.3) is 0 Å². The van der Waals surface area contributed by atoms with Crippen LogP contribution in [0.15, 0.2) is 101 Å². The number of para-hydroxylation sites is 1. The van der Waals surface area contributed by atoms with Gasteiger partial charge in [-0.1, -0.05) is 89.2 Å². The van der Waals surface area contributed by atoms with E-state index in [0.717, 1.165) is 27.6 Å². The normalized spacial score (nSPS) is 12.4. The molecule has 0 saturated carbocycles. The van der Waals surface area contributed by atoms with Crippen molar-refractivity contribution in [3.05, 3.63) is 108 Å². The summed E-state index contributed by atoms with van der Waals surface area (Å²) in [4.78, 5) is 0. The molecule has 0 radical (unpaired) electrons. The predicted molar refractivity (Wildman–Crippen MR) is 115 cm³/mol. The maximum Gasteiger partial charge on any atom is 0.106 e. The van der Waals surface area contributed by atoms with Crippen molar-refractivity contribution < 1.29 is 10.4 Å². The highest BCUT2D eigenvalue weighted by molar-refractivity contribution is 6.04. The number of hydrogen-bond donors (Lipinski definition) is 2. The van der Waals surface area contributed by atoms with Crippen molar-refractivity contribution in [1.82, 2.24) is 4.57 Å². The van der Waals surface area contributed by atoms with Crippen molar-refractivity contribution in [2.24, 2.45) is 10.3 Å². The van der Waals surface area contributed by atoms with Crippen LogP contribution < -0.4 is 0 Å². The van der Waals surface area contributed by atoms with Gasteiger partial charge in [-0.05, 0) is 17.2 Å². The van der Waals surface area contributed by atoms with Gasteiger partial charge in [0, 0.05) is 29.1 Å². The maximum absolute atomic E-state index is 9.58. The first-order chi connectivity index (χ1) is 14.3. The standard InChI is InChI=1S/C24H21N3O2/c28-25-22(18-9-3-1-4-10-18)15-20-16-27(24-14-8-7-13-21(20)24)17-23(26-29)19-11-5-2-6-12-19/h1-14,16,28-29H,15,17H2/b25-22+,26-23-. The minimum absolute atomic E-state index is 0.429. The van der Waals surface area contributed by atoms with Crippen molar-refractivity contribution in [1.29, 1.82) is 0 Å². The summed E-state index contributed by atoms with van der Waals surface area (Å²) < 4.78 is 2.06. The average Bonchev–Trinajstić information content (AvgIpc) is 3.14. The summed E-state index contributed by atoms with van der Waals surface area (Å²) >= 11 is 0. The molecule has 0 aliphatic rings. The van der Waals surface area contributed by atoms with Crippen molar-refractivity contribution >= 4 is 22.3 Å². The van der Waals surface area contributed by atoms with Crippen LogP contribution in [0.1, 0.15) is 16.7 Å². The zero-order chi connectivity index (χ0) is 20.1. The van der Waals surface area contributed by atoms with Crippen molar-refractivity contribution in [2.75, 3.05) is 0 Å². The van der Waals surface area contributed by atoms with Gasteiger partial charge in [-0.15, -0.1) is 0 Å². The van der Waals surface area contributed by atoms with Gasteiger partial charge in [0.05, 0.1) is 12.3 Å². The van der Waals surface area contributed by atoms with Gasteiger partial charge in [0.15, 0.2) is 0 Å². The molecule has 1 heterocycles. The van der Waals surface area contributed by atoms with Gasteiger partial charge in [-0.25, -0.2) is 0 Å². The van der Waals surface area contributed by atoms with E-state index in [1.165, 1.54) is 0 Å². The van der Waals surface area contributed by atoms with Gasteiger partial charge in [-0.3, -0.25) is 0 Å². The summed E-state index contributed by atoms with van der Waals surface area (Å²) in [5, 5.41) is 27.3. The fourth-order valence-electron chi connectivity index (χ4n) is 3.57. The smallest absolute Gasteiger partial charge is 0.106 e. The molecule has 0 atom stereocenters. The number of benzene rings is 3. The molecule has 5 heteroatoms. The van der Waals surface area contributed by atoms with Gasteiger partial charge in [-0.2, -0.15) is 0 Å². The largest absolute Gasteiger partial charge is 0.411 e. The SMILES string of the molecule is O/N=C(\Cc1cn(C/C(=N/O)c2ccccc2)c2ccccc12)c1ccccc1. The highest BCUT2D eigenvalue weighted by Gasteiger charge is 2.14. The fourth-order valence-corrected chi connectivity index (χ4v) is 3.57. The third-order valence-corrected chi connectivity index (χ3v) is 5.00. The van der Waals surface area contributed by atoms with Crippen LogP contribution in [-0.4, -0.2) is 26.4 Å². The van der Waals surface area contributed by atoms with E-state index >= 15 is 0 Å². The van der Waals surface area contributed by atoms with E-state index in [4.69, 9.17) is 0 Å². The third-order valence-electron chi connectivity index (χ3n) is 5.00. The van der Waals surface area contributed by atoms with Crippen LogP contribution in [-0.2, 0) is 13.0 Å². The van der Waals surface area contributed by atoms with Gasteiger partial charge in [0.2, 0.25) is 0 Å². The molecule has 144 valence electrons. The van der Waals surface area contributed by atoms with E-state index in [0.29, 0.717) is 24.4 Å². The Bertz CT molecular complexity index is 1070. The Kier molecular flexibility index (Phi) is 5.38. The molecule has 0 unspecified atom stereocenters. The van der Waals surface area contributed by atoms with E-state index in [-0.39, 0.29) is 0 Å². The Morgan fingerprint density at radius 2 is 1.24 bits per heavy atom. The van der Waals surface area contributed by atoms with E-state index in [1.54, 1.807) is 0 Å². The Hall–Kier alpha value is -3.86. The Morgan fingerprint density at radius 3 is 1.86 bits per heavy atom. The zero-order valence-electron chi connectivity index (χ0n) is 15.8. The molecule has 4 aromatic rings. The molecule has 0 amide bonds. The predicted octanol–water partition coefficient (Wildman–Crippen LogP) is 4.94. The van der Waals surface area contributed by atoms with Crippen LogP contribution in [0.4, 0.5) is 0 Å². The molecule has 29 heavy (non-hydrogen) atoms. The Morgan fingerprint density at radius 1 is 0.690 bits per heavy atom. The summed E-state index contributed by atoms with van der Waals surface area (Å²) in [6.45, 7) is 0.429. The molecular weight excluding hydrogens is 362 g/mol. The summed E-state index contributed by atoms with van der Waals surface area (Å²) in [5.74, 6) is 0. The average molecular weight is 383 g/mol. The Balaban J connectivity index is 1.70. The molecule has 0 bridgehead atoms. The Labute approximate surface area is 168 Å². The number of oxime groups is 2. The lowest BCUT2D eigenvalue weighted by molar-refractivity contribution is 0.317. The van der Waals surface area contributed by atoms with Gasteiger partial charge in [0.1, 0.15) is 5.71 Å². The molecule has 1 aromatic heterocycles. The van der Waals surface area contributed by atoms with Crippen LogP contribution in [0, 0.1) is 0 Å². The monoisotopic (exact) mass is 383 g/mol. The highest BCUT2D eigenvalue weighted by atomic mass is 16.4. The minimum Gasteiger partial charge on any atom is -0.411 e. The molecule has 0 fully saturated rings. The molecule has 2 N–H and O–H groups in total. The summed E-state index contributed by atoms with van der Waals surface area (Å²) in [6, 6.07) is 27.3. The first-order valence-electron chi connectivity index (χ1n) is 9.39. The van der Waals surface area contributed by atoms with Gasteiger partial charge >= 0.3 is 0 Å². The molecule has 3 aromatic carbocycles. The lowest BCUT2D eigenvalue weighted by atomic mass is 10.0. The molecule has 5 nitrogen and oxygen atoms in total. The minimum atomic E-state index is 0.429. The fraction of sp³-hybridized carbons (Fsp3) is 0.0833. The van der Waals surface area contributed by atoms with Crippen molar-refractivity contribution in [2.45, 2.75) is 13.0 Å². The topological polar surface area (TPSA) is 70.1 Å². The second-order valence-corrected chi connectivity index (χ2v) is 6.80. The number of hydrogen-bond acceptors (Lipinski definition) is 4. The molecular formula is C24H21N3O2. The number of rotatable bonds is 6. The van der Waals surface area contributed by atoms with Crippen LogP contribution in [0.5, 0.6) is 0 Å². The van der Waals surface area contributed by atoms with Crippen LogP contribution in [0.25, 0.3) is 10.9 Å².